The quantitative estimate of drug-likeness (QED) is 0.613. The zero-order chi connectivity index (χ0) is 24.2. The molecule has 0 saturated carbocycles. The molecule has 1 fully saturated rings. The number of aliphatic carboxylic acids is 1. The van der Waals surface area contributed by atoms with E-state index in [2.05, 4.69) is 29.6 Å². The van der Waals surface area contributed by atoms with Crippen LogP contribution >= 0.6 is 0 Å². The molecule has 0 aromatic heterocycles. The minimum absolute atomic E-state index is 0.0229. The summed E-state index contributed by atoms with van der Waals surface area (Å²) in [6.45, 7) is 4.89. The van der Waals surface area contributed by atoms with E-state index in [0.717, 1.165) is 17.5 Å². The zero-order valence-electron chi connectivity index (χ0n) is 19.7. The van der Waals surface area contributed by atoms with Crippen LogP contribution in [0.1, 0.15) is 43.7 Å². The molecule has 2 aromatic rings. The summed E-state index contributed by atoms with van der Waals surface area (Å²) in [5.74, 6) is -2.02. The summed E-state index contributed by atoms with van der Waals surface area (Å²) in [5, 5.41) is 12.1. The van der Waals surface area contributed by atoms with Crippen molar-refractivity contribution in [2.45, 2.75) is 32.6 Å². The third-order valence-corrected chi connectivity index (χ3v) is 7.06. The van der Waals surface area contributed by atoms with Crippen LogP contribution in [0.3, 0.4) is 0 Å². The molecule has 0 bridgehead atoms. The van der Waals surface area contributed by atoms with Gasteiger partial charge in [0.15, 0.2) is 0 Å². The molecule has 1 unspecified atom stereocenters. The lowest BCUT2D eigenvalue weighted by atomic mass is 9.98. The lowest BCUT2D eigenvalue weighted by Crippen LogP contribution is -2.41. The van der Waals surface area contributed by atoms with Crippen molar-refractivity contribution in [1.29, 1.82) is 0 Å². The van der Waals surface area contributed by atoms with Crippen LogP contribution in [-0.4, -0.2) is 54.2 Å². The molecule has 2 amide bonds. The Kier molecular flexibility index (Phi) is 7.20. The molecule has 3 atom stereocenters. The first kappa shape index (κ1) is 23.8. The van der Waals surface area contributed by atoms with Gasteiger partial charge >= 0.3 is 12.1 Å². The Morgan fingerprint density at radius 1 is 1.06 bits per heavy atom. The average molecular weight is 465 g/mol. The van der Waals surface area contributed by atoms with Crippen molar-refractivity contribution in [3.05, 3.63) is 59.7 Å². The van der Waals surface area contributed by atoms with Crippen molar-refractivity contribution in [1.82, 2.24) is 10.2 Å². The molecular weight excluding hydrogens is 432 g/mol. The van der Waals surface area contributed by atoms with Crippen LogP contribution in [0.5, 0.6) is 0 Å². The summed E-state index contributed by atoms with van der Waals surface area (Å²) in [6, 6.07) is 16.3. The van der Waals surface area contributed by atoms with E-state index in [1.807, 2.05) is 38.1 Å². The number of carboxylic acids is 1. The Morgan fingerprint density at radius 3 is 2.24 bits per heavy atom. The summed E-state index contributed by atoms with van der Waals surface area (Å²) >= 11 is 0. The Morgan fingerprint density at radius 2 is 1.68 bits per heavy atom. The first-order valence-corrected chi connectivity index (χ1v) is 12.0. The number of likely N-dealkylation sites (tertiary alicyclic amines) is 1. The van der Waals surface area contributed by atoms with Crippen molar-refractivity contribution in [3.8, 4) is 11.1 Å². The highest BCUT2D eigenvalue weighted by molar-refractivity contribution is 5.82. The molecule has 1 aliphatic heterocycles. The number of alkyl carbamates (subject to hydrolysis) is 1. The first-order valence-electron chi connectivity index (χ1n) is 12.0. The Bertz CT molecular complexity index is 1020. The summed E-state index contributed by atoms with van der Waals surface area (Å²) < 4.78 is 5.59. The van der Waals surface area contributed by atoms with E-state index < -0.39 is 23.9 Å². The molecule has 1 aliphatic carbocycles. The summed E-state index contributed by atoms with van der Waals surface area (Å²) in [7, 11) is 0. The minimum Gasteiger partial charge on any atom is -0.481 e. The third kappa shape index (κ3) is 4.79. The van der Waals surface area contributed by atoms with Gasteiger partial charge in [-0.1, -0.05) is 68.8 Å². The van der Waals surface area contributed by atoms with E-state index in [4.69, 9.17) is 4.74 Å². The fourth-order valence-electron chi connectivity index (χ4n) is 5.24. The Balaban J connectivity index is 1.34. The lowest BCUT2D eigenvalue weighted by molar-refractivity contribution is -0.142. The molecule has 7 nitrogen and oxygen atoms in total. The highest BCUT2D eigenvalue weighted by Gasteiger charge is 2.38. The number of ether oxygens (including phenoxy) is 1. The van der Waals surface area contributed by atoms with E-state index in [1.165, 1.54) is 11.1 Å². The van der Waals surface area contributed by atoms with Gasteiger partial charge in [0.05, 0.1) is 11.8 Å². The number of hydrogen-bond acceptors (Lipinski definition) is 4. The normalized spacial score (nSPS) is 19.9. The maximum absolute atomic E-state index is 13.0. The number of amides is 2. The van der Waals surface area contributed by atoms with Gasteiger partial charge in [-0.3, -0.25) is 9.59 Å². The minimum atomic E-state index is -0.869. The van der Waals surface area contributed by atoms with Gasteiger partial charge in [-0.25, -0.2) is 4.79 Å². The highest BCUT2D eigenvalue weighted by Crippen LogP contribution is 2.44. The molecule has 4 rings (SSSR count). The fourth-order valence-corrected chi connectivity index (χ4v) is 5.24. The van der Waals surface area contributed by atoms with Crippen LogP contribution in [0, 0.1) is 17.8 Å². The van der Waals surface area contributed by atoms with Crippen LogP contribution in [-0.2, 0) is 14.3 Å². The summed E-state index contributed by atoms with van der Waals surface area (Å²) in [4.78, 5) is 38.6. The number of nitrogens with zero attached hydrogens (tertiary/aromatic N) is 1. The molecular formula is C27H32N2O5. The van der Waals surface area contributed by atoms with Gasteiger partial charge in [-0.2, -0.15) is 0 Å². The molecule has 2 N–H and O–H groups in total. The first-order chi connectivity index (χ1) is 16.4. The van der Waals surface area contributed by atoms with Gasteiger partial charge < -0.3 is 20.1 Å². The monoisotopic (exact) mass is 464 g/mol. The smallest absolute Gasteiger partial charge is 0.407 e. The average Bonchev–Trinajstić information content (AvgIpc) is 3.38. The van der Waals surface area contributed by atoms with E-state index in [9.17, 15) is 19.5 Å². The zero-order valence-corrected chi connectivity index (χ0v) is 19.7. The molecule has 1 saturated heterocycles. The topological polar surface area (TPSA) is 95.9 Å². The van der Waals surface area contributed by atoms with Gasteiger partial charge in [0.1, 0.15) is 6.61 Å². The van der Waals surface area contributed by atoms with Crippen molar-refractivity contribution >= 4 is 18.0 Å². The Hall–Kier alpha value is -3.35. The van der Waals surface area contributed by atoms with Gasteiger partial charge in [0.2, 0.25) is 5.91 Å². The number of fused-ring (bicyclic) bond motifs is 3. The number of nitrogens with one attached hydrogen (secondary N) is 1. The fraction of sp³-hybridized carbons (Fsp3) is 0.444. The number of carboxylic acid groups (broad SMARTS) is 1. The van der Waals surface area contributed by atoms with E-state index in [1.54, 1.807) is 4.90 Å². The molecule has 2 aliphatic rings. The molecule has 180 valence electrons. The number of carbonyl (C=O) groups excluding carboxylic acids is 2. The van der Waals surface area contributed by atoms with Crippen LogP contribution < -0.4 is 5.32 Å². The number of hydrogen-bond donors (Lipinski definition) is 2. The predicted molar refractivity (Wildman–Crippen MR) is 128 cm³/mol. The second kappa shape index (κ2) is 10.3. The van der Waals surface area contributed by atoms with Gasteiger partial charge in [0, 0.05) is 25.6 Å². The molecule has 7 heteroatoms. The number of carbonyl (C=O) groups is 3. The predicted octanol–water partition coefficient (Wildman–Crippen LogP) is 4.12. The third-order valence-electron chi connectivity index (χ3n) is 7.06. The maximum atomic E-state index is 13.0. The van der Waals surface area contributed by atoms with E-state index >= 15 is 0 Å². The number of rotatable bonds is 8. The summed E-state index contributed by atoms with van der Waals surface area (Å²) in [6.07, 6.45) is 0.855. The Labute approximate surface area is 200 Å². The van der Waals surface area contributed by atoms with Crippen molar-refractivity contribution in [2.75, 3.05) is 26.2 Å². The molecule has 1 heterocycles. The van der Waals surface area contributed by atoms with E-state index in [-0.39, 0.29) is 37.4 Å². The van der Waals surface area contributed by atoms with Crippen molar-refractivity contribution < 1.29 is 24.2 Å². The van der Waals surface area contributed by atoms with Crippen LogP contribution in [0.15, 0.2) is 48.5 Å². The van der Waals surface area contributed by atoms with Gasteiger partial charge in [-0.15, -0.1) is 0 Å². The largest absolute Gasteiger partial charge is 0.481 e. The molecule has 2 aromatic carbocycles. The van der Waals surface area contributed by atoms with Crippen molar-refractivity contribution in [3.63, 3.8) is 0 Å². The second-order valence-electron chi connectivity index (χ2n) is 9.36. The second-order valence-corrected chi connectivity index (χ2v) is 9.36. The number of benzene rings is 2. The van der Waals surface area contributed by atoms with Gasteiger partial charge in [0.25, 0.3) is 0 Å². The summed E-state index contributed by atoms with van der Waals surface area (Å²) in [5.41, 5.74) is 4.62. The molecule has 0 radical (unpaired) electrons. The van der Waals surface area contributed by atoms with Crippen LogP contribution in [0.25, 0.3) is 11.1 Å². The standard InChI is InChI=1S/C27H32N2O5/c1-3-8-18(25(30)29-14-17(2)23(15-29)26(31)32)13-28-27(33)34-16-24-21-11-6-4-9-19(21)20-10-5-7-12-22(20)24/h4-7,9-12,17-18,23-24H,3,8,13-16H2,1-2H3,(H,28,33)(H,31,32)/t17-,18?,23-/m1/s1. The van der Waals surface area contributed by atoms with Crippen LogP contribution in [0.4, 0.5) is 4.79 Å². The lowest BCUT2D eigenvalue weighted by Gasteiger charge is -2.23. The van der Waals surface area contributed by atoms with Gasteiger partial charge in [-0.05, 0) is 34.6 Å². The van der Waals surface area contributed by atoms with Crippen molar-refractivity contribution in [2.24, 2.45) is 17.8 Å². The van der Waals surface area contributed by atoms with E-state index in [0.29, 0.717) is 13.0 Å². The van der Waals surface area contributed by atoms with Crippen LogP contribution in [0.2, 0.25) is 0 Å². The molecule has 34 heavy (non-hydrogen) atoms. The molecule has 0 spiro atoms. The maximum Gasteiger partial charge on any atom is 0.407 e. The SMILES string of the molecule is CCCC(CNC(=O)OCC1c2ccccc2-c2ccccc21)C(=O)N1C[C@@H](C)[C@H](C(=O)O)C1. The highest BCUT2D eigenvalue weighted by atomic mass is 16.5.